The molecule has 1 saturated carbocycles. The van der Waals surface area contributed by atoms with E-state index in [4.69, 9.17) is 5.26 Å². The Hall–Kier alpha value is -1.05. The van der Waals surface area contributed by atoms with Crippen molar-refractivity contribution in [2.45, 2.75) is 38.1 Å². The van der Waals surface area contributed by atoms with Crippen LogP contribution in [0.15, 0.2) is 22.7 Å². The molecule has 1 aromatic rings. The minimum atomic E-state index is -0.219. The second-order valence-corrected chi connectivity index (χ2v) is 6.41. The van der Waals surface area contributed by atoms with Crippen LogP contribution >= 0.6 is 15.9 Å². The summed E-state index contributed by atoms with van der Waals surface area (Å²) in [6.45, 7) is 2.41. The molecule has 0 atom stereocenters. The van der Waals surface area contributed by atoms with Gasteiger partial charge in [0.2, 0.25) is 0 Å². The van der Waals surface area contributed by atoms with Crippen molar-refractivity contribution >= 4 is 21.6 Å². The summed E-state index contributed by atoms with van der Waals surface area (Å²) in [6, 6.07) is 7.62. The molecule has 2 N–H and O–H groups in total. The summed E-state index contributed by atoms with van der Waals surface area (Å²) < 4.78 is 0.873. The van der Waals surface area contributed by atoms with E-state index in [2.05, 4.69) is 34.2 Å². The number of hydrogen-bond donors (Lipinski definition) is 2. The SMILES string of the molecule is CC1CCC(CO)(Nc2ccc(C#N)cc2Br)CC1. The molecule has 0 spiro atoms. The lowest BCUT2D eigenvalue weighted by Crippen LogP contribution is -2.45. The standard InChI is InChI=1S/C15H19BrN2O/c1-11-4-6-15(10-19,7-5-11)18-14-3-2-12(9-17)8-13(14)16/h2-3,8,11,18-19H,4-7,10H2,1H3. The molecule has 0 unspecified atom stereocenters. The van der Waals surface area contributed by atoms with Crippen molar-refractivity contribution in [3.63, 3.8) is 0 Å². The largest absolute Gasteiger partial charge is 0.394 e. The van der Waals surface area contributed by atoms with Crippen LogP contribution in [0.4, 0.5) is 5.69 Å². The lowest BCUT2D eigenvalue weighted by molar-refractivity contribution is 0.155. The monoisotopic (exact) mass is 322 g/mol. The van der Waals surface area contributed by atoms with Crippen molar-refractivity contribution in [2.75, 3.05) is 11.9 Å². The summed E-state index contributed by atoms with van der Waals surface area (Å²) in [5.41, 5.74) is 1.36. The summed E-state index contributed by atoms with van der Waals surface area (Å²) in [5, 5.41) is 22.1. The Bertz CT molecular complexity index is 487. The van der Waals surface area contributed by atoms with Crippen LogP contribution in [0.1, 0.15) is 38.2 Å². The Morgan fingerprint density at radius 1 is 1.47 bits per heavy atom. The summed E-state index contributed by atoms with van der Waals surface area (Å²) >= 11 is 3.48. The molecule has 2 rings (SSSR count). The topological polar surface area (TPSA) is 56.0 Å². The average molecular weight is 323 g/mol. The van der Waals surface area contributed by atoms with Crippen LogP contribution in [0.3, 0.4) is 0 Å². The predicted molar refractivity (Wildman–Crippen MR) is 79.9 cm³/mol. The highest BCUT2D eigenvalue weighted by Gasteiger charge is 2.33. The van der Waals surface area contributed by atoms with Gasteiger partial charge in [0.25, 0.3) is 0 Å². The van der Waals surface area contributed by atoms with Crippen LogP contribution < -0.4 is 5.32 Å². The van der Waals surface area contributed by atoms with Crippen LogP contribution in [0.5, 0.6) is 0 Å². The first-order valence-corrected chi connectivity index (χ1v) is 7.46. The molecule has 1 aromatic carbocycles. The van der Waals surface area contributed by atoms with Crippen LogP contribution in [-0.4, -0.2) is 17.3 Å². The Labute approximate surface area is 122 Å². The third-order valence-corrected chi connectivity index (χ3v) is 4.69. The number of nitriles is 1. The molecule has 0 heterocycles. The molecule has 4 heteroatoms. The number of rotatable bonds is 3. The van der Waals surface area contributed by atoms with E-state index in [9.17, 15) is 5.11 Å². The van der Waals surface area contributed by atoms with Crippen molar-refractivity contribution in [1.29, 1.82) is 5.26 Å². The molecule has 1 aliphatic carbocycles. The predicted octanol–water partition coefficient (Wildman–Crippen LogP) is 3.67. The summed E-state index contributed by atoms with van der Waals surface area (Å²) in [5.74, 6) is 0.742. The first-order chi connectivity index (χ1) is 9.08. The summed E-state index contributed by atoms with van der Waals surface area (Å²) in [6.07, 6.45) is 4.25. The van der Waals surface area contributed by atoms with Gasteiger partial charge in [-0.25, -0.2) is 0 Å². The van der Waals surface area contributed by atoms with Gasteiger partial charge in [-0.15, -0.1) is 0 Å². The van der Waals surface area contributed by atoms with Crippen LogP contribution in [0, 0.1) is 17.2 Å². The summed E-state index contributed by atoms with van der Waals surface area (Å²) in [7, 11) is 0. The van der Waals surface area contributed by atoms with Gasteiger partial charge in [0.1, 0.15) is 0 Å². The van der Waals surface area contributed by atoms with E-state index in [0.29, 0.717) is 5.56 Å². The van der Waals surface area contributed by atoms with Crippen LogP contribution in [-0.2, 0) is 0 Å². The van der Waals surface area contributed by atoms with E-state index in [1.807, 2.05) is 6.07 Å². The number of benzene rings is 1. The van der Waals surface area contributed by atoms with E-state index in [1.165, 1.54) is 0 Å². The first-order valence-electron chi connectivity index (χ1n) is 6.67. The van der Waals surface area contributed by atoms with E-state index in [-0.39, 0.29) is 12.1 Å². The molecular weight excluding hydrogens is 304 g/mol. The zero-order chi connectivity index (χ0) is 13.9. The maximum absolute atomic E-state index is 9.75. The molecule has 0 aromatic heterocycles. The van der Waals surface area contributed by atoms with Gasteiger partial charge < -0.3 is 10.4 Å². The molecule has 3 nitrogen and oxygen atoms in total. The molecule has 102 valence electrons. The molecule has 0 aliphatic heterocycles. The minimum absolute atomic E-state index is 0.145. The number of hydrogen-bond acceptors (Lipinski definition) is 3. The number of aliphatic hydroxyl groups excluding tert-OH is 1. The zero-order valence-corrected chi connectivity index (χ0v) is 12.7. The van der Waals surface area contributed by atoms with E-state index in [0.717, 1.165) is 41.8 Å². The number of aliphatic hydroxyl groups is 1. The fraction of sp³-hybridized carbons (Fsp3) is 0.533. The molecule has 0 radical (unpaired) electrons. The van der Waals surface area contributed by atoms with Gasteiger partial charge in [-0.2, -0.15) is 5.26 Å². The lowest BCUT2D eigenvalue weighted by atomic mass is 9.77. The van der Waals surface area contributed by atoms with Crippen molar-refractivity contribution in [3.8, 4) is 6.07 Å². The van der Waals surface area contributed by atoms with Crippen molar-refractivity contribution in [2.24, 2.45) is 5.92 Å². The molecule has 0 amide bonds. The average Bonchev–Trinajstić information content (AvgIpc) is 2.44. The van der Waals surface area contributed by atoms with Gasteiger partial charge in [0.05, 0.1) is 23.8 Å². The number of nitrogens with zero attached hydrogens (tertiary/aromatic N) is 1. The highest BCUT2D eigenvalue weighted by atomic mass is 79.9. The van der Waals surface area contributed by atoms with Crippen molar-refractivity contribution in [3.05, 3.63) is 28.2 Å². The molecular formula is C15H19BrN2O. The highest BCUT2D eigenvalue weighted by Crippen LogP contribution is 2.36. The van der Waals surface area contributed by atoms with E-state index >= 15 is 0 Å². The van der Waals surface area contributed by atoms with Crippen LogP contribution in [0.25, 0.3) is 0 Å². The number of halogens is 1. The van der Waals surface area contributed by atoms with E-state index < -0.39 is 0 Å². The maximum atomic E-state index is 9.75. The van der Waals surface area contributed by atoms with Gasteiger partial charge in [-0.05, 0) is 65.7 Å². The van der Waals surface area contributed by atoms with E-state index in [1.54, 1.807) is 12.1 Å². The Morgan fingerprint density at radius 3 is 2.68 bits per heavy atom. The van der Waals surface area contributed by atoms with Gasteiger partial charge in [0, 0.05) is 10.2 Å². The molecule has 1 aliphatic rings. The quantitative estimate of drug-likeness (QED) is 0.892. The van der Waals surface area contributed by atoms with Gasteiger partial charge in [-0.1, -0.05) is 6.92 Å². The lowest BCUT2D eigenvalue weighted by Gasteiger charge is -2.39. The first kappa shape index (κ1) is 14.4. The smallest absolute Gasteiger partial charge is 0.0992 e. The highest BCUT2D eigenvalue weighted by molar-refractivity contribution is 9.10. The second-order valence-electron chi connectivity index (χ2n) is 5.55. The normalized spacial score (nSPS) is 26.7. The molecule has 19 heavy (non-hydrogen) atoms. The minimum Gasteiger partial charge on any atom is -0.394 e. The van der Waals surface area contributed by atoms with Crippen molar-refractivity contribution < 1.29 is 5.11 Å². The summed E-state index contributed by atoms with van der Waals surface area (Å²) in [4.78, 5) is 0. The Balaban J connectivity index is 2.17. The number of anilines is 1. The fourth-order valence-corrected chi connectivity index (χ4v) is 3.09. The second kappa shape index (κ2) is 5.94. The van der Waals surface area contributed by atoms with Crippen molar-refractivity contribution in [1.82, 2.24) is 0 Å². The molecule has 0 bridgehead atoms. The Kier molecular flexibility index (Phi) is 4.49. The maximum Gasteiger partial charge on any atom is 0.0992 e. The zero-order valence-electron chi connectivity index (χ0n) is 11.1. The van der Waals surface area contributed by atoms with Gasteiger partial charge in [0.15, 0.2) is 0 Å². The van der Waals surface area contributed by atoms with Gasteiger partial charge >= 0.3 is 0 Å². The third kappa shape index (κ3) is 3.29. The molecule has 1 fully saturated rings. The van der Waals surface area contributed by atoms with Gasteiger partial charge in [-0.3, -0.25) is 0 Å². The Morgan fingerprint density at radius 2 is 2.16 bits per heavy atom. The fourth-order valence-electron chi connectivity index (χ4n) is 2.61. The third-order valence-electron chi connectivity index (χ3n) is 4.03. The number of nitrogens with one attached hydrogen (secondary N) is 1. The molecule has 0 saturated heterocycles. The van der Waals surface area contributed by atoms with Crippen LogP contribution in [0.2, 0.25) is 0 Å².